The molecule has 0 aromatic carbocycles. The number of likely N-dealkylation sites (N-methyl/N-ethyl adjacent to an activating group) is 1. The zero-order chi connectivity index (χ0) is 49.9. The Morgan fingerprint density at radius 3 is 1.13 bits per heavy atom. The van der Waals surface area contributed by atoms with Gasteiger partial charge in [-0.05, 0) is 44.9 Å². The minimum absolute atomic E-state index is 0.0639. The maximum absolute atomic E-state index is 13.0. The van der Waals surface area contributed by atoms with Gasteiger partial charge < -0.3 is 19.8 Å². The number of unbranched alkanes of at least 4 members (excludes halogenated alkanes) is 40. The lowest BCUT2D eigenvalue weighted by Gasteiger charge is -2.25. The number of amides is 1. The molecule has 0 aromatic rings. The number of hydrogen-bond donors (Lipinski definition) is 3. The number of hydrogen-bond acceptors (Lipinski definition) is 5. The van der Waals surface area contributed by atoms with Crippen LogP contribution in [0.4, 0.5) is 0 Å². The fourth-order valence-electron chi connectivity index (χ4n) is 8.98. The number of aliphatic hydroxyl groups excluding tert-OH is 1. The highest BCUT2D eigenvalue weighted by Gasteiger charge is 2.27. The van der Waals surface area contributed by atoms with Crippen molar-refractivity contribution < 1.29 is 32.9 Å². The molecule has 68 heavy (non-hydrogen) atoms. The number of quaternary nitrogens is 1. The van der Waals surface area contributed by atoms with Gasteiger partial charge in [0.25, 0.3) is 0 Å². The Kier molecular flexibility index (Phi) is 50.1. The summed E-state index contributed by atoms with van der Waals surface area (Å²) in [6, 6.07) is -0.844. The van der Waals surface area contributed by atoms with E-state index in [0.717, 1.165) is 38.5 Å². The molecule has 0 bridgehead atoms. The Labute approximate surface area is 424 Å². The van der Waals surface area contributed by atoms with Crippen molar-refractivity contribution in [1.82, 2.24) is 5.32 Å². The first-order valence-electron chi connectivity index (χ1n) is 29.7. The van der Waals surface area contributed by atoms with Crippen LogP contribution in [-0.4, -0.2) is 73.4 Å². The Hall–Kier alpha value is -1.02. The van der Waals surface area contributed by atoms with Crippen molar-refractivity contribution in [2.45, 2.75) is 309 Å². The first-order valence-corrected chi connectivity index (χ1v) is 31.2. The number of nitrogens with zero attached hydrogens (tertiary/aromatic N) is 1. The quantitative estimate of drug-likeness (QED) is 0.0243. The summed E-state index contributed by atoms with van der Waals surface area (Å²) in [7, 11) is 1.59. The molecule has 0 aliphatic rings. The van der Waals surface area contributed by atoms with Crippen molar-refractivity contribution in [3.63, 3.8) is 0 Å². The highest BCUT2D eigenvalue weighted by Crippen LogP contribution is 2.43. The van der Waals surface area contributed by atoms with Gasteiger partial charge in [-0.1, -0.05) is 269 Å². The van der Waals surface area contributed by atoms with Gasteiger partial charge in [0, 0.05) is 6.42 Å². The molecule has 3 atom stereocenters. The average molecular weight is 983 g/mol. The molecule has 9 heteroatoms. The van der Waals surface area contributed by atoms with Crippen LogP contribution in [0.2, 0.25) is 0 Å². The van der Waals surface area contributed by atoms with Gasteiger partial charge in [0.15, 0.2) is 0 Å². The van der Waals surface area contributed by atoms with Crippen LogP contribution >= 0.6 is 7.82 Å². The van der Waals surface area contributed by atoms with Crippen LogP contribution in [0.5, 0.6) is 0 Å². The monoisotopic (exact) mass is 982 g/mol. The Bertz CT molecular complexity index is 1160. The zero-order valence-corrected chi connectivity index (χ0v) is 47.0. The van der Waals surface area contributed by atoms with Crippen molar-refractivity contribution in [2.24, 2.45) is 0 Å². The third-order valence-corrected chi connectivity index (χ3v) is 14.6. The highest BCUT2D eigenvalue weighted by molar-refractivity contribution is 7.47. The third kappa shape index (κ3) is 52.8. The van der Waals surface area contributed by atoms with Gasteiger partial charge in [-0.15, -0.1) is 0 Å². The molecule has 0 spiro atoms. The van der Waals surface area contributed by atoms with Crippen molar-refractivity contribution in [2.75, 3.05) is 40.9 Å². The van der Waals surface area contributed by atoms with E-state index >= 15 is 0 Å². The Morgan fingerprint density at radius 2 is 0.794 bits per heavy atom. The number of nitrogens with one attached hydrogen (secondary N) is 1. The summed E-state index contributed by atoms with van der Waals surface area (Å²) in [6.07, 6.45) is 64.3. The summed E-state index contributed by atoms with van der Waals surface area (Å²) < 4.78 is 23.7. The minimum Gasteiger partial charge on any atom is -0.387 e. The Morgan fingerprint density at radius 1 is 0.485 bits per heavy atom. The molecule has 0 aliphatic heterocycles. The molecule has 0 aromatic heterocycles. The number of phosphoric ester groups is 1. The number of aliphatic hydroxyl groups is 1. The summed E-state index contributed by atoms with van der Waals surface area (Å²) in [5.41, 5.74) is 0. The minimum atomic E-state index is -4.34. The average Bonchev–Trinajstić information content (AvgIpc) is 3.30. The molecule has 8 nitrogen and oxygen atoms in total. The van der Waals surface area contributed by atoms with Gasteiger partial charge in [0.05, 0.1) is 39.9 Å². The molecule has 0 saturated carbocycles. The summed E-state index contributed by atoms with van der Waals surface area (Å²) in [4.78, 5) is 23.3. The van der Waals surface area contributed by atoms with Crippen LogP contribution in [0, 0.1) is 0 Å². The zero-order valence-electron chi connectivity index (χ0n) is 46.1. The van der Waals surface area contributed by atoms with Crippen LogP contribution in [0.3, 0.4) is 0 Å². The van der Waals surface area contributed by atoms with E-state index in [1.165, 1.54) is 238 Å². The fourth-order valence-corrected chi connectivity index (χ4v) is 9.72. The maximum atomic E-state index is 13.0. The SMILES string of the molecule is CCCCCCCCCC/C=C\CCCCCCCCCCCCCCCCCCCC(=O)NC(COP(=O)(O)OCC[N+](C)(C)C)C(O)/C=C/CCCCCCCCCCCCCCCCC. The second-order valence-electron chi connectivity index (χ2n) is 21.7. The predicted octanol–water partition coefficient (Wildman–Crippen LogP) is 18.0. The lowest BCUT2D eigenvalue weighted by atomic mass is 10.0. The summed E-state index contributed by atoms with van der Waals surface area (Å²) in [5.74, 6) is -0.171. The van der Waals surface area contributed by atoms with Crippen LogP contribution in [-0.2, 0) is 18.4 Å². The number of phosphoric acid groups is 1. The molecule has 0 fully saturated rings. The van der Waals surface area contributed by atoms with Gasteiger partial charge in [-0.25, -0.2) is 4.57 Å². The molecule has 0 aliphatic carbocycles. The Balaban J connectivity index is 4.09. The fraction of sp³-hybridized carbons (Fsp3) is 0.915. The lowest BCUT2D eigenvalue weighted by Crippen LogP contribution is -2.45. The summed E-state index contributed by atoms with van der Waals surface area (Å²) in [6.45, 7) is 4.86. The molecule has 3 N–H and O–H groups in total. The lowest BCUT2D eigenvalue weighted by molar-refractivity contribution is -0.870. The van der Waals surface area contributed by atoms with Crippen molar-refractivity contribution in [1.29, 1.82) is 0 Å². The van der Waals surface area contributed by atoms with E-state index in [9.17, 15) is 19.4 Å². The number of allylic oxidation sites excluding steroid dienone is 3. The van der Waals surface area contributed by atoms with E-state index in [1.54, 1.807) is 6.08 Å². The van der Waals surface area contributed by atoms with Crippen LogP contribution in [0.15, 0.2) is 24.3 Å². The van der Waals surface area contributed by atoms with Gasteiger partial charge in [-0.2, -0.15) is 0 Å². The van der Waals surface area contributed by atoms with E-state index in [0.29, 0.717) is 17.4 Å². The molecule has 1 amide bonds. The molecular weight excluding hydrogens is 864 g/mol. The van der Waals surface area contributed by atoms with Gasteiger partial charge in [0.1, 0.15) is 13.2 Å². The molecular formula is C59H118N2O6P+. The standard InChI is InChI=1S/C59H117N2O6P/c1-6-8-10-12-14-16-18-20-22-24-25-26-27-28-29-30-31-32-33-34-35-37-39-41-43-45-47-49-51-53-59(63)60-57(56-67-68(64,65)66-55-54-61(3,4)5)58(62)52-50-48-46-44-42-40-38-36-23-21-19-17-15-13-11-9-7-2/h24-25,50,52,57-58,62H,6-23,26-49,51,53-56H2,1-5H3,(H-,60,63,64,65)/p+1/b25-24-,52-50+. The third-order valence-electron chi connectivity index (χ3n) is 13.7. The van der Waals surface area contributed by atoms with Crippen molar-refractivity contribution in [3.05, 3.63) is 24.3 Å². The van der Waals surface area contributed by atoms with Crippen molar-refractivity contribution >= 4 is 13.7 Å². The second kappa shape index (κ2) is 50.9. The van der Waals surface area contributed by atoms with Crippen LogP contribution < -0.4 is 5.32 Å². The van der Waals surface area contributed by atoms with E-state index in [1.807, 2.05) is 27.2 Å². The molecule has 0 rings (SSSR count). The van der Waals surface area contributed by atoms with E-state index in [4.69, 9.17) is 9.05 Å². The second-order valence-corrected chi connectivity index (χ2v) is 23.2. The predicted molar refractivity (Wildman–Crippen MR) is 295 cm³/mol. The summed E-state index contributed by atoms with van der Waals surface area (Å²) >= 11 is 0. The first kappa shape index (κ1) is 67.0. The maximum Gasteiger partial charge on any atom is 0.472 e. The largest absolute Gasteiger partial charge is 0.472 e. The van der Waals surface area contributed by atoms with Gasteiger partial charge in [0.2, 0.25) is 5.91 Å². The van der Waals surface area contributed by atoms with E-state index in [2.05, 4.69) is 31.3 Å². The van der Waals surface area contributed by atoms with Crippen LogP contribution in [0.1, 0.15) is 296 Å². The van der Waals surface area contributed by atoms with Crippen molar-refractivity contribution in [3.8, 4) is 0 Å². The van der Waals surface area contributed by atoms with Gasteiger partial charge in [-0.3, -0.25) is 13.8 Å². The molecule has 3 unspecified atom stereocenters. The molecule has 0 radical (unpaired) electrons. The van der Waals surface area contributed by atoms with E-state index < -0.39 is 20.0 Å². The molecule has 0 heterocycles. The highest BCUT2D eigenvalue weighted by atomic mass is 31.2. The van der Waals surface area contributed by atoms with Crippen LogP contribution in [0.25, 0.3) is 0 Å². The summed E-state index contributed by atoms with van der Waals surface area (Å²) in [5, 5.41) is 13.9. The number of rotatable bonds is 55. The number of carbonyl (C=O) groups is 1. The van der Waals surface area contributed by atoms with E-state index in [-0.39, 0.29) is 19.1 Å². The molecule has 0 saturated heterocycles. The topological polar surface area (TPSA) is 105 Å². The smallest absolute Gasteiger partial charge is 0.387 e. The number of carbonyl (C=O) groups excluding carboxylic acids is 1. The first-order chi connectivity index (χ1) is 33.0. The molecule has 404 valence electrons. The normalized spacial score (nSPS) is 14.0. The van der Waals surface area contributed by atoms with Gasteiger partial charge >= 0.3 is 7.82 Å².